The van der Waals surface area contributed by atoms with Crippen molar-refractivity contribution >= 4 is 27.3 Å². The molecule has 1 unspecified atom stereocenters. The van der Waals surface area contributed by atoms with Crippen molar-refractivity contribution in [3.63, 3.8) is 0 Å². The van der Waals surface area contributed by atoms with E-state index in [0.717, 1.165) is 16.8 Å². The maximum atomic E-state index is 5.41. The van der Waals surface area contributed by atoms with Crippen LogP contribution >= 0.6 is 27.3 Å². The minimum absolute atomic E-state index is 0.337. The highest BCUT2D eigenvalue weighted by Gasteiger charge is 2.12. The highest BCUT2D eigenvalue weighted by Crippen LogP contribution is 2.27. The minimum atomic E-state index is 0.337. The zero-order valence-corrected chi connectivity index (χ0v) is 14.7. The van der Waals surface area contributed by atoms with E-state index < -0.39 is 0 Å². The molecule has 0 fully saturated rings. The molecule has 0 saturated heterocycles. The van der Waals surface area contributed by atoms with Crippen molar-refractivity contribution in [2.24, 2.45) is 0 Å². The number of halogens is 1. The van der Waals surface area contributed by atoms with Gasteiger partial charge in [0.15, 0.2) is 0 Å². The van der Waals surface area contributed by atoms with Gasteiger partial charge in [0, 0.05) is 32.4 Å². The van der Waals surface area contributed by atoms with E-state index in [4.69, 9.17) is 4.74 Å². The van der Waals surface area contributed by atoms with Gasteiger partial charge in [0.2, 0.25) is 0 Å². The lowest BCUT2D eigenvalue weighted by Crippen LogP contribution is -2.18. The zero-order chi connectivity index (χ0) is 14.7. The van der Waals surface area contributed by atoms with Gasteiger partial charge in [-0.1, -0.05) is 15.9 Å². The number of methoxy groups -OCH3 is 1. The fourth-order valence-corrected chi connectivity index (χ4v) is 3.77. The molecule has 0 amide bonds. The molecular formula is C16H20BrNOS. The summed E-state index contributed by atoms with van der Waals surface area (Å²) in [6.07, 6.45) is 0. The molecule has 4 heteroatoms. The van der Waals surface area contributed by atoms with E-state index in [1.807, 2.05) is 23.5 Å². The summed E-state index contributed by atoms with van der Waals surface area (Å²) in [7, 11) is 1.71. The topological polar surface area (TPSA) is 21.3 Å². The molecule has 1 atom stereocenters. The summed E-state index contributed by atoms with van der Waals surface area (Å²) < 4.78 is 6.48. The van der Waals surface area contributed by atoms with E-state index in [0.29, 0.717) is 6.04 Å². The quantitative estimate of drug-likeness (QED) is 0.817. The molecule has 0 aliphatic heterocycles. The van der Waals surface area contributed by atoms with Crippen molar-refractivity contribution in [1.82, 2.24) is 5.32 Å². The Hall–Kier alpha value is -0.840. The van der Waals surface area contributed by atoms with Gasteiger partial charge in [-0.15, -0.1) is 11.3 Å². The molecule has 1 aromatic heterocycles. The van der Waals surface area contributed by atoms with Crippen LogP contribution in [0.15, 0.2) is 28.7 Å². The summed E-state index contributed by atoms with van der Waals surface area (Å²) in [5.74, 6) is 0.922. The number of hydrogen-bond donors (Lipinski definition) is 1. The molecule has 1 aromatic carbocycles. The first kappa shape index (κ1) is 15.5. The number of ether oxygens (including phenoxy) is 1. The van der Waals surface area contributed by atoms with Gasteiger partial charge < -0.3 is 10.1 Å². The van der Waals surface area contributed by atoms with Gasteiger partial charge in [-0.2, -0.15) is 0 Å². The Bertz CT molecular complexity index is 594. The Morgan fingerprint density at radius 2 is 2.05 bits per heavy atom. The fourth-order valence-electron chi connectivity index (χ4n) is 2.34. The molecule has 1 heterocycles. The molecule has 1 N–H and O–H groups in total. The van der Waals surface area contributed by atoms with E-state index in [-0.39, 0.29) is 0 Å². The van der Waals surface area contributed by atoms with Gasteiger partial charge in [-0.25, -0.2) is 0 Å². The average molecular weight is 354 g/mol. The van der Waals surface area contributed by atoms with Crippen LogP contribution in [-0.4, -0.2) is 7.11 Å². The monoisotopic (exact) mass is 353 g/mol. The number of benzene rings is 1. The first-order chi connectivity index (χ1) is 9.51. The van der Waals surface area contributed by atoms with Gasteiger partial charge in [-0.3, -0.25) is 0 Å². The molecule has 2 rings (SSSR count). The Morgan fingerprint density at radius 1 is 1.30 bits per heavy atom. The van der Waals surface area contributed by atoms with Crippen molar-refractivity contribution < 1.29 is 4.74 Å². The molecule has 0 aliphatic rings. The van der Waals surface area contributed by atoms with Gasteiger partial charge in [0.1, 0.15) is 5.75 Å². The van der Waals surface area contributed by atoms with Gasteiger partial charge in [-0.05, 0) is 50.6 Å². The average Bonchev–Trinajstić information content (AvgIpc) is 2.75. The van der Waals surface area contributed by atoms with Crippen LogP contribution in [0.1, 0.15) is 33.8 Å². The fraction of sp³-hybridized carbons (Fsp3) is 0.375. The number of thiophene rings is 1. The van der Waals surface area contributed by atoms with E-state index >= 15 is 0 Å². The third-order valence-electron chi connectivity index (χ3n) is 3.39. The Kier molecular flexibility index (Phi) is 5.24. The molecule has 108 valence electrons. The molecule has 2 aromatic rings. The smallest absolute Gasteiger partial charge is 0.123 e. The number of nitrogens with one attached hydrogen (secondary N) is 1. The summed E-state index contributed by atoms with van der Waals surface area (Å²) in [6, 6.07) is 8.70. The Labute approximate surface area is 133 Å². The van der Waals surface area contributed by atoms with Crippen LogP contribution in [0.5, 0.6) is 5.75 Å². The molecule has 0 bridgehead atoms. The second-order valence-electron chi connectivity index (χ2n) is 4.93. The second-order valence-corrected chi connectivity index (χ2v) is 7.30. The Morgan fingerprint density at radius 3 is 2.65 bits per heavy atom. The number of rotatable bonds is 5. The highest BCUT2D eigenvalue weighted by atomic mass is 79.9. The summed E-state index contributed by atoms with van der Waals surface area (Å²) in [4.78, 5) is 2.76. The van der Waals surface area contributed by atoms with Gasteiger partial charge >= 0.3 is 0 Å². The normalized spacial score (nSPS) is 12.4. The van der Waals surface area contributed by atoms with E-state index in [9.17, 15) is 0 Å². The van der Waals surface area contributed by atoms with Crippen LogP contribution in [0.4, 0.5) is 0 Å². The van der Waals surface area contributed by atoms with E-state index in [2.05, 4.69) is 54.2 Å². The molecular weight excluding hydrogens is 334 g/mol. The largest absolute Gasteiger partial charge is 0.496 e. The van der Waals surface area contributed by atoms with Crippen LogP contribution in [0, 0.1) is 13.8 Å². The molecule has 0 spiro atoms. The maximum absolute atomic E-state index is 5.41. The number of hydrogen-bond acceptors (Lipinski definition) is 3. The predicted molar refractivity (Wildman–Crippen MR) is 89.7 cm³/mol. The standard InChI is InChI=1S/C16H20BrNOS/c1-10-7-15(12(3)20-10)11(2)18-9-13-8-14(17)5-6-16(13)19-4/h5-8,11,18H,9H2,1-4H3. The predicted octanol–water partition coefficient (Wildman–Crippen LogP) is 4.99. The highest BCUT2D eigenvalue weighted by molar-refractivity contribution is 9.10. The lowest BCUT2D eigenvalue weighted by molar-refractivity contribution is 0.406. The second kappa shape index (κ2) is 6.74. The van der Waals surface area contributed by atoms with Crippen LogP contribution < -0.4 is 10.1 Å². The molecule has 20 heavy (non-hydrogen) atoms. The van der Waals surface area contributed by atoms with Crippen molar-refractivity contribution in [3.05, 3.63) is 49.6 Å². The zero-order valence-electron chi connectivity index (χ0n) is 12.3. The summed E-state index contributed by atoms with van der Waals surface area (Å²) >= 11 is 5.37. The van der Waals surface area contributed by atoms with Gasteiger partial charge in [0.05, 0.1) is 7.11 Å². The van der Waals surface area contributed by atoms with Crippen LogP contribution in [0.3, 0.4) is 0 Å². The summed E-state index contributed by atoms with van der Waals surface area (Å²) in [6.45, 7) is 7.34. The molecule has 0 radical (unpaired) electrons. The summed E-state index contributed by atoms with van der Waals surface area (Å²) in [5, 5.41) is 3.58. The SMILES string of the molecule is COc1ccc(Br)cc1CNC(C)c1cc(C)sc1C. The molecule has 0 aliphatic carbocycles. The molecule has 0 saturated carbocycles. The van der Waals surface area contributed by atoms with Crippen LogP contribution in [0.2, 0.25) is 0 Å². The van der Waals surface area contributed by atoms with Crippen molar-refractivity contribution in [1.29, 1.82) is 0 Å². The first-order valence-corrected chi connectivity index (χ1v) is 8.25. The van der Waals surface area contributed by atoms with Crippen LogP contribution in [0.25, 0.3) is 0 Å². The van der Waals surface area contributed by atoms with E-state index in [1.54, 1.807) is 7.11 Å². The van der Waals surface area contributed by atoms with E-state index in [1.165, 1.54) is 20.9 Å². The maximum Gasteiger partial charge on any atom is 0.123 e. The third-order valence-corrected chi connectivity index (χ3v) is 4.86. The lowest BCUT2D eigenvalue weighted by Gasteiger charge is -2.16. The van der Waals surface area contributed by atoms with Crippen molar-refractivity contribution in [3.8, 4) is 5.75 Å². The van der Waals surface area contributed by atoms with Gasteiger partial charge in [0.25, 0.3) is 0 Å². The number of aryl methyl sites for hydroxylation is 2. The third kappa shape index (κ3) is 3.62. The van der Waals surface area contributed by atoms with Crippen molar-refractivity contribution in [2.75, 3.05) is 7.11 Å². The Balaban J connectivity index is 2.08. The molecule has 2 nitrogen and oxygen atoms in total. The van der Waals surface area contributed by atoms with Crippen LogP contribution in [-0.2, 0) is 6.54 Å². The lowest BCUT2D eigenvalue weighted by atomic mass is 10.1. The first-order valence-electron chi connectivity index (χ1n) is 6.64. The summed E-state index contributed by atoms with van der Waals surface area (Å²) in [5.41, 5.74) is 2.56. The van der Waals surface area contributed by atoms with Crippen molar-refractivity contribution in [2.45, 2.75) is 33.4 Å². The minimum Gasteiger partial charge on any atom is -0.496 e.